The molecule has 5 heteroatoms. The highest BCUT2D eigenvalue weighted by atomic mass is 32.2. The quantitative estimate of drug-likeness (QED) is 0.440. The van der Waals surface area contributed by atoms with Gasteiger partial charge in [0.2, 0.25) is 4.93 Å². The molecule has 0 aliphatic heterocycles. The summed E-state index contributed by atoms with van der Waals surface area (Å²) in [4.78, 5) is -1.66. The zero-order valence-electron chi connectivity index (χ0n) is 15.5. The monoisotopic (exact) mass is 356 g/mol. The number of unbranched alkanes of at least 4 members (excludes halogenated alkanes) is 4. The molecule has 0 aliphatic carbocycles. The average Bonchev–Trinajstić information content (AvgIpc) is 2.46. The summed E-state index contributed by atoms with van der Waals surface area (Å²) >= 11 is 0. The largest absolute Gasteiger partial charge is 0.469 e. The summed E-state index contributed by atoms with van der Waals surface area (Å²) in [6.07, 6.45) is 8.80. The van der Waals surface area contributed by atoms with E-state index in [2.05, 4.69) is 19.9 Å². The van der Waals surface area contributed by atoms with E-state index in [9.17, 15) is 13.0 Å². The molecule has 0 aromatic heterocycles. The van der Waals surface area contributed by atoms with E-state index < -0.39 is 15.1 Å². The maximum Gasteiger partial charge on any atom is 0.305 e. The zero-order valence-corrected chi connectivity index (χ0v) is 16.3. The molecule has 4 nitrogen and oxygen atoms in total. The molecule has 1 rings (SSSR count). The van der Waals surface area contributed by atoms with Gasteiger partial charge >= 0.3 is 10.1 Å². The molecule has 138 valence electrons. The van der Waals surface area contributed by atoms with Gasteiger partial charge in [0, 0.05) is 0 Å². The van der Waals surface area contributed by atoms with Crippen LogP contribution < -0.4 is 4.74 Å². The van der Waals surface area contributed by atoms with Crippen molar-refractivity contribution in [1.29, 1.82) is 0 Å². The maximum absolute atomic E-state index is 11.5. The van der Waals surface area contributed by atoms with E-state index in [-0.39, 0.29) is 0 Å². The fourth-order valence-corrected chi connectivity index (χ4v) is 2.77. The molecule has 0 spiro atoms. The maximum atomic E-state index is 11.5. The second-order valence-electron chi connectivity index (χ2n) is 6.88. The third-order valence-corrected chi connectivity index (χ3v) is 5.47. The van der Waals surface area contributed by atoms with Crippen LogP contribution in [0.4, 0.5) is 0 Å². The number of aryl methyl sites for hydroxylation is 2. The molecule has 0 radical (unpaired) electrons. The normalized spacial score (nSPS) is 12.4. The summed E-state index contributed by atoms with van der Waals surface area (Å²) in [5, 5.41) is 0. The van der Waals surface area contributed by atoms with Crippen LogP contribution in [0.2, 0.25) is 0 Å². The van der Waals surface area contributed by atoms with E-state index in [0.717, 1.165) is 38.5 Å². The Bertz CT molecular complexity index is 578. The molecule has 0 atom stereocenters. The number of ether oxygens (including phenoxy) is 1. The first-order valence-corrected chi connectivity index (χ1v) is 10.4. The topological polar surface area (TPSA) is 63.6 Å². The van der Waals surface area contributed by atoms with Crippen molar-refractivity contribution in [3.8, 4) is 5.75 Å². The first kappa shape index (κ1) is 21.0. The summed E-state index contributed by atoms with van der Waals surface area (Å²) in [5.74, 6) is 0.512. The summed E-state index contributed by atoms with van der Waals surface area (Å²) in [5.41, 5.74) is 2.33. The van der Waals surface area contributed by atoms with Crippen molar-refractivity contribution in [2.24, 2.45) is 0 Å². The van der Waals surface area contributed by atoms with E-state index in [1.165, 1.54) is 37.8 Å². The highest BCUT2D eigenvalue weighted by Gasteiger charge is 2.35. The van der Waals surface area contributed by atoms with Crippen LogP contribution in [0.1, 0.15) is 77.3 Å². The number of hydrogen-bond acceptors (Lipinski definition) is 3. The minimum Gasteiger partial charge on any atom is -0.469 e. The highest BCUT2D eigenvalue weighted by Crippen LogP contribution is 2.26. The van der Waals surface area contributed by atoms with Gasteiger partial charge in [-0.05, 0) is 62.8 Å². The molecule has 0 saturated heterocycles. The first-order chi connectivity index (χ1) is 11.2. The van der Waals surface area contributed by atoms with Gasteiger partial charge in [-0.15, -0.1) is 0 Å². The van der Waals surface area contributed by atoms with Crippen molar-refractivity contribution >= 4 is 10.1 Å². The van der Waals surface area contributed by atoms with Crippen molar-refractivity contribution in [2.45, 2.75) is 84.0 Å². The fourth-order valence-electron chi connectivity index (χ4n) is 2.57. The van der Waals surface area contributed by atoms with Crippen LogP contribution in [0.5, 0.6) is 5.75 Å². The lowest BCUT2D eigenvalue weighted by molar-refractivity contribution is 0.178. The molecular weight excluding hydrogens is 324 g/mol. The van der Waals surface area contributed by atoms with Crippen molar-refractivity contribution in [3.05, 3.63) is 29.3 Å². The first-order valence-electron chi connectivity index (χ1n) is 8.98. The Morgan fingerprint density at radius 3 is 1.75 bits per heavy atom. The van der Waals surface area contributed by atoms with Gasteiger partial charge in [0.1, 0.15) is 5.75 Å². The third kappa shape index (κ3) is 6.81. The second kappa shape index (κ2) is 9.42. The van der Waals surface area contributed by atoms with Crippen LogP contribution in [-0.2, 0) is 23.0 Å². The van der Waals surface area contributed by atoms with Gasteiger partial charge in [-0.2, -0.15) is 8.42 Å². The predicted molar refractivity (Wildman–Crippen MR) is 99.2 cm³/mol. The van der Waals surface area contributed by atoms with Crippen LogP contribution >= 0.6 is 0 Å². The summed E-state index contributed by atoms with van der Waals surface area (Å²) in [6.45, 7) is 7.07. The van der Waals surface area contributed by atoms with Gasteiger partial charge < -0.3 is 4.74 Å². The molecule has 0 fully saturated rings. The molecule has 0 bridgehead atoms. The molecule has 1 N–H and O–H groups in total. The molecule has 1 aromatic rings. The Morgan fingerprint density at radius 2 is 1.38 bits per heavy atom. The van der Waals surface area contributed by atoms with E-state index in [0.29, 0.717) is 5.75 Å². The molecule has 0 aliphatic rings. The summed E-state index contributed by atoms with van der Waals surface area (Å²) in [6, 6.07) is 5.98. The van der Waals surface area contributed by atoms with Crippen molar-refractivity contribution in [3.63, 3.8) is 0 Å². The lowest BCUT2D eigenvalue weighted by Crippen LogP contribution is -2.37. The van der Waals surface area contributed by atoms with Crippen LogP contribution in [-0.4, -0.2) is 17.9 Å². The van der Waals surface area contributed by atoms with Crippen molar-refractivity contribution in [2.75, 3.05) is 0 Å². The Labute approximate surface area is 147 Å². The lowest BCUT2D eigenvalue weighted by atomic mass is 10.0. The van der Waals surface area contributed by atoms with Crippen LogP contribution in [0, 0.1) is 0 Å². The van der Waals surface area contributed by atoms with Gasteiger partial charge in [-0.25, -0.2) is 0 Å². The molecule has 0 heterocycles. The second-order valence-corrected chi connectivity index (χ2v) is 8.81. The average molecular weight is 357 g/mol. The Morgan fingerprint density at radius 1 is 0.917 bits per heavy atom. The third-order valence-electron chi connectivity index (χ3n) is 4.15. The lowest BCUT2D eigenvalue weighted by Gasteiger charge is -2.24. The minimum absolute atomic E-state index is 0.512. The molecule has 1 aromatic carbocycles. The smallest absolute Gasteiger partial charge is 0.305 e. The van der Waals surface area contributed by atoms with Gasteiger partial charge in [0.25, 0.3) is 0 Å². The van der Waals surface area contributed by atoms with Crippen LogP contribution in [0.3, 0.4) is 0 Å². The summed E-state index contributed by atoms with van der Waals surface area (Å²) < 4.78 is 37.9. The van der Waals surface area contributed by atoms with E-state index in [1.54, 1.807) is 0 Å². The number of hydrogen-bond donors (Lipinski definition) is 1. The van der Waals surface area contributed by atoms with Crippen molar-refractivity contribution in [1.82, 2.24) is 0 Å². The number of benzene rings is 1. The van der Waals surface area contributed by atoms with Gasteiger partial charge in [-0.1, -0.05) is 45.6 Å². The summed E-state index contributed by atoms with van der Waals surface area (Å²) in [7, 11) is -4.29. The standard InChI is InChI=1S/C19H32O4S/c1-5-7-9-11-16-13-17(12-10-8-6-2)15-18(14-16)23-19(3,4)24(20,21)22/h13-15H,5-12H2,1-4H3,(H,20,21,22). The molecule has 0 saturated carbocycles. The molecule has 0 unspecified atom stereocenters. The zero-order chi connectivity index (χ0) is 18.2. The van der Waals surface area contributed by atoms with Crippen LogP contribution in [0.15, 0.2) is 18.2 Å². The SMILES string of the molecule is CCCCCc1cc(CCCCC)cc(OC(C)(C)S(=O)(=O)O)c1. The molecule has 0 amide bonds. The van der Waals surface area contributed by atoms with Gasteiger partial charge in [0.15, 0.2) is 0 Å². The molecular formula is C19H32O4S. The van der Waals surface area contributed by atoms with Gasteiger partial charge in [-0.3, -0.25) is 4.55 Å². The van der Waals surface area contributed by atoms with Crippen LogP contribution in [0.25, 0.3) is 0 Å². The fraction of sp³-hybridized carbons (Fsp3) is 0.684. The highest BCUT2D eigenvalue weighted by molar-refractivity contribution is 7.87. The minimum atomic E-state index is -4.29. The molecule has 24 heavy (non-hydrogen) atoms. The van der Waals surface area contributed by atoms with Crippen molar-refractivity contribution < 1.29 is 17.7 Å². The predicted octanol–water partition coefficient (Wildman–Crippen LogP) is 5.15. The van der Waals surface area contributed by atoms with Gasteiger partial charge in [0.05, 0.1) is 0 Å². The van der Waals surface area contributed by atoms with E-state index >= 15 is 0 Å². The van der Waals surface area contributed by atoms with E-state index in [1.807, 2.05) is 12.1 Å². The number of rotatable bonds is 11. The Hall–Kier alpha value is -1.07. The Kier molecular flexibility index (Phi) is 8.23. The van der Waals surface area contributed by atoms with E-state index in [4.69, 9.17) is 4.74 Å². The Balaban J connectivity index is 2.99.